The molecule has 0 spiro atoms. The number of hydrogen-bond donors (Lipinski definition) is 1. The molecule has 0 aliphatic rings. The minimum absolute atomic E-state index is 0.0128. The van der Waals surface area contributed by atoms with E-state index in [9.17, 15) is 18.0 Å². The summed E-state index contributed by atoms with van der Waals surface area (Å²) in [6.07, 6.45) is 1.67. The third-order valence-corrected chi connectivity index (χ3v) is 8.86. The van der Waals surface area contributed by atoms with Crippen molar-refractivity contribution in [1.29, 1.82) is 0 Å². The Morgan fingerprint density at radius 3 is 2.10 bits per heavy atom. The molecule has 0 bridgehead atoms. The third-order valence-electron chi connectivity index (χ3n) is 6.11. The van der Waals surface area contributed by atoms with Crippen molar-refractivity contribution in [2.24, 2.45) is 0 Å². The first-order valence-corrected chi connectivity index (χ1v) is 15.0. The van der Waals surface area contributed by atoms with Gasteiger partial charge < -0.3 is 10.2 Å². The monoisotopic (exact) mass is 609 g/mol. The highest BCUT2D eigenvalue weighted by Gasteiger charge is 2.33. The molecule has 0 fully saturated rings. The highest BCUT2D eigenvalue weighted by Crippen LogP contribution is 2.28. The number of nitrogens with one attached hydrogen (secondary N) is 1. The quantitative estimate of drug-likeness (QED) is 0.248. The maximum atomic E-state index is 13.9. The first kappa shape index (κ1) is 30.8. The second-order valence-corrected chi connectivity index (χ2v) is 12.0. The number of hydrogen-bond acceptors (Lipinski definition) is 4. The van der Waals surface area contributed by atoms with Gasteiger partial charge in [0.25, 0.3) is 10.0 Å². The number of nitrogens with zero attached hydrogens (tertiary/aromatic N) is 2. The first-order chi connectivity index (χ1) is 18.6. The van der Waals surface area contributed by atoms with Crippen molar-refractivity contribution in [1.82, 2.24) is 10.2 Å². The van der Waals surface area contributed by atoms with Crippen molar-refractivity contribution >= 4 is 62.3 Å². The maximum absolute atomic E-state index is 13.9. The molecule has 0 saturated carbocycles. The van der Waals surface area contributed by atoms with Crippen molar-refractivity contribution in [3.8, 4) is 0 Å². The van der Waals surface area contributed by atoms with Gasteiger partial charge >= 0.3 is 0 Å². The zero-order chi connectivity index (χ0) is 28.6. The molecular formula is C28H30Cl3N3O4S. The van der Waals surface area contributed by atoms with Gasteiger partial charge in [-0.1, -0.05) is 72.4 Å². The number of benzene rings is 3. The van der Waals surface area contributed by atoms with Gasteiger partial charge in [-0.3, -0.25) is 13.9 Å². The average Bonchev–Trinajstić information content (AvgIpc) is 2.92. The van der Waals surface area contributed by atoms with Crippen LogP contribution in [0.3, 0.4) is 0 Å². The molecule has 0 aliphatic heterocycles. The van der Waals surface area contributed by atoms with Crippen LogP contribution in [-0.4, -0.2) is 44.3 Å². The van der Waals surface area contributed by atoms with E-state index in [1.165, 1.54) is 29.2 Å². The number of unbranched alkanes of at least 4 members (excludes halogenated alkanes) is 1. The van der Waals surface area contributed by atoms with E-state index in [0.29, 0.717) is 27.2 Å². The normalized spacial score (nSPS) is 12.0. The van der Waals surface area contributed by atoms with E-state index < -0.39 is 28.5 Å². The average molecular weight is 611 g/mol. The lowest BCUT2D eigenvalue weighted by Crippen LogP contribution is -2.51. The fourth-order valence-electron chi connectivity index (χ4n) is 3.83. The summed E-state index contributed by atoms with van der Waals surface area (Å²) in [6.45, 7) is 3.37. The summed E-state index contributed by atoms with van der Waals surface area (Å²) in [5.74, 6) is -0.984. The summed E-state index contributed by atoms with van der Waals surface area (Å²) < 4.78 is 28.4. The van der Waals surface area contributed by atoms with Crippen LogP contribution in [0.2, 0.25) is 15.1 Å². The van der Waals surface area contributed by atoms with Crippen molar-refractivity contribution in [2.75, 3.05) is 17.4 Å². The lowest BCUT2D eigenvalue weighted by Gasteiger charge is -2.32. The van der Waals surface area contributed by atoms with Crippen LogP contribution in [0.15, 0.2) is 77.7 Å². The molecule has 208 valence electrons. The lowest BCUT2D eigenvalue weighted by molar-refractivity contribution is -0.139. The van der Waals surface area contributed by atoms with Crippen LogP contribution in [0.25, 0.3) is 0 Å². The minimum atomic E-state index is -4.16. The second kappa shape index (κ2) is 14.0. The van der Waals surface area contributed by atoms with Crippen LogP contribution < -0.4 is 9.62 Å². The van der Waals surface area contributed by atoms with Crippen molar-refractivity contribution < 1.29 is 18.0 Å². The summed E-state index contributed by atoms with van der Waals surface area (Å²) in [4.78, 5) is 28.2. The molecule has 1 unspecified atom stereocenters. The largest absolute Gasteiger partial charge is 0.354 e. The molecule has 3 rings (SSSR count). The number of halogens is 3. The fourth-order valence-corrected chi connectivity index (χ4v) is 5.91. The molecule has 39 heavy (non-hydrogen) atoms. The number of carbonyl (C=O) groups excluding carboxylic acids is 2. The van der Waals surface area contributed by atoms with Gasteiger partial charge in [-0.05, 0) is 61.9 Å². The molecule has 11 heteroatoms. The molecule has 0 heterocycles. The lowest BCUT2D eigenvalue weighted by atomic mass is 10.1. The number of rotatable bonds is 12. The Morgan fingerprint density at radius 1 is 0.897 bits per heavy atom. The molecule has 3 aromatic carbocycles. The Balaban J connectivity index is 2.02. The highest BCUT2D eigenvalue weighted by molar-refractivity contribution is 7.92. The number of amides is 2. The van der Waals surface area contributed by atoms with Crippen molar-refractivity contribution in [2.45, 2.75) is 44.2 Å². The van der Waals surface area contributed by atoms with E-state index in [1.54, 1.807) is 55.5 Å². The molecule has 7 nitrogen and oxygen atoms in total. The third kappa shape index (κ3) is 7.88. The fraction of sp³-hybridized carbons (Fsp3) is 0.286. The molecule has 0 radical (unpaired) electrons. The van der Waals surface area contributed by atoms with E-state index in [1.807, 2.05) is 6.92 Å². The van der Waals surface area contributed by atoms with Gasteiger partial charge in [-0.25, -0.2) is 8.42 Å². The van der Waals surface area contributed by atoms with Gasteiger partial charge in [-0.2, -0.15) is 0 Å². The molecule has 0 saturated heterocycles. The van der Waals surface area contributed by atoms with Gasteiger partial charge in [0, 0.05) is 33.7 Å². The van der Waals surface area contributed by atoms with Crippen molar-refractivity contribution in [3.63, 3.8) is 0 Å². The second-order valence-electron chi connectivity index (χ2n) is 8.84. The predicted octanol–water partition coefficient (Wildman–Crippen LogP) is 6.18. The standard InChI is InChI=1S/C28H30Cl3N3O4S/c1-3-4-17-32-28(36)20(2)33(18-24-25(30)11-8-12-26(24)31)27(35)19-34(22-15-13-21(29)14-16-22)39(37,38)23-9-6-5-7-10-23/h5-16,20H,3-4,17-19H2,1-2H3,(H,32,36). The zero-order valence-electron chi connectivity index (χ0n) is 21.6. The molecular weight excluding hydrogens is 581 g/mol. The summed E-state index contributed by atoms with van der Waals surface area (Å²) in [6, 6.07) is 17.9. The maximum Gasteiger partial charge on any atom is 0.264 e. The Labute approximate surface area is 244 Å². The highest BCUT2D eigenvalue weighted by atomic mass is 35.5. The Morgan fingerprint density at radius 2 is 1.51 bits per heavy atom. The summed E-state index contributed by atoms with van der Waals surface area (Å²) in [5, 5.41) is 3.90. The molecule has 2 amide bonds. The van der Waals surface area contributed by atoms with Gasteiger partial charge in [0.2, 0.25) is 11.8 Å². The predicted molar refractivity (Wildman–Crippen MR) is 157 cm³/mol. The van der Waals surface area contributed by atoms with Gasteiger partial charge in [0.05, 0.1) is 10.6 Å². The zero-order valence-corrected chi connectivity index (χ0v) is 24.7. The SMILES string of the molecule is CCCCNC(=O)C(C)N(Cc1c(Cl)cccc1Cl)C(=O)CN(c1ccc(Cl)cc1)S(=O)(=O)c1ccccc1. The first-order valence-electron chi connectivity index (χ1n) is 12.4. The van der Waals surface area contributed by atoms with Gasteiger partial charge in [0.15, 0.2) is 0 Å². The van der Waals surface area contributed by atoms with Crippen LogP contribution in [-0.2, 0) is 26.2 Å². The summed E-state index contributed by atoms with van der Waals surface area (Å²) in [5.41, 5.74) is 0.693. The summed E-state index contributed by atoms with van der Waals surface area (Å²) >= 11 is 18.8. The van der Waals surface area contributed by atoms with Crippen LogP contribution in [0.1, 0.15) is 32.3 Å². The van der Waals surface area contributed by atoms with Gasteiger partial charge in [-0.15, -0.1) is 0 Å². The van der Waals surface area contributed by atoms with E-state index >= 15 is 0 Å². The minimum Gasteiger partial charge on any atom is -0.354 e. The summed E-state index contributed by atoms with van der Waals surface area (Å²) in [7, 11) is -4.16. The van der Waals surface area contributed by atoms with Crippen LogP contribution >= 0.6 is 34.8 Å². The Kier molecular flexibility index (Phi) is 11.1. The van der Waals surface area contributed by atoms with Crippen LogP contribution in [0.4, 0.5) is 5.69 Å². The molecule has 1 atom stereocenters. The Hall–Kier alpha value is -2.78. The number of anilines is 1. The Bertz CT molecular complexity index is 1370. The number of carbonyl (C=O) groups is 2. The van der Waals surface area contributed by atoms with E-state index in [4.69, 9.17) is 34.8 Å². The number of sulfonamides is 1. The molecule has 0 aliphatic carbocycles. The van der Waals surface area contributed by atoms with Crippen LogP contribution in [0, 0.1) is 0 Å². The van der Waals surface area contributed by atoms with E-state index in [0.717, 1.165) is 17.1 Å². The van der Waals surface area contributed by atoms with Crippen molar-refractivity contribution in [3.05, 3.63) is 93.4 Å². The topological polar surface area (TPSA) is 86.8 Å². The van der Waals surface area contributed by atoms with Crippen LogP contribution in [0.5, 0.6) is 0 Å². The smallest absolute Gasteiger partial charge is 0.264 e. The van der Waals surface area contributed by atoms with E-state index in [-0.39, 0.29) is 23.0 Å². The molecule has 0 aromatic heterocycles. The van der Waals surface area contributed by atoms with E-state index in [2.05, 4.69) is 5.32 Å². The molecule has 1 N–H and O–H groups in total. The molecule has 3 aromatic rings. The van der Waals surface area contributed by atoms with Gasteiger partial charge in [0.1, 0.15) is 12.6 Å².